The van der Waals surface area contributed by atoms with Crippen molar-refractivity contribution in [3.05, 3.63) is 29.6 Å². The van der Waals surface area contributed by atoms with E-state index in [1.54, 1.807) is 0 Å². The number of carbonyl (C=O) groups is 2. The summed E-state index contributed by atoms with van der Waals surface area (Å²) in [6.07, 6.45) is -2.55. The van der Waals surface area contributed by atoms with E-state index in [0.717, 1.165) is 12.1 Å². The molecule has 1 unspecified atom stereocenters. The number of alkyl halides is 3. The van der Waals surface area contributed by atoms with Gasteiger partial charge in [-0.2, -0.15) is 13.2 Å². The molecule has 1 aliphatic heterocycles. The van der Waals surface area contributed by atoms with E-state index in [-0.39, 0.29) is 48.9 Å². The van der Waals surface area contributed by atoms with Gasteiger partial charge in [0.15, 0.2) is 0 Å². The van der Waals surface area contributed by atoms with E-state index in [4.69, 9.17) is 5.73 Å². The highest BCUT2D eigenvalue weighted by atomic mass is 35.5. The highest BCUT2D eigenvalue weighted by Crippen LogP contribution is 2.28. The van der Waals surface area contributed by atoms with Crippen molar-refractivity contribution in [2.24, 2.45) is 11.7 Å². The zero-order valence-corrected chi connectivity index (χ0v) is 15.4. The second-order valence-corrected chi connectivity index (χ2v) is 5.60. The molecule has 0 radical (unpaired) electrons. The Morgan fingerprint density at radius 3 is 2.54 bits per heavy atom. The van der Waals surface area contributed by atoms with Gasteiger partial charge in [-0.15, -0.1) is 24.8 Å². The first-order chi connectivity index (χ1) is 11.3. The SMILES string of the molecule is Cl.Cl.NCCNC(=O)C1CCCN(C(=O)c2ccc(C(F)(F)F)cn2)C1. The molecule has 2 heterocycles. The van der Waals surface area contributed by atoms with Crippen LogP contribution >= 0.6 is 24.8 Å². The van der Waals surface area contributed by atoms with E-state index in [2.05, 4.69) is 10.3 Å². The molecule has 2 rings (SSSR count). The Hall–Kier alpha value is -1.58. The molecule has 0 aliphatic carbocycles. The van der Waals surface area contributed by atoms with Crippen LogP contribution in [0.1, 0.15) is 28.9 Å². The molecule has 3 N–H and O–H groups in total. The summed E-state index contributed by atoms with van der Waals surface area (Å²) < 4.78 is 37.6. The first kappa shape index (κ1) is 24.4. The molecule has 1 aromatic heterocycles. The Morgan fingerprint density at radius 2 is 2.00 bits per heavy atom. The first-order valence-electron chi connectivity index (χ1n) is 7.63. The average Bonchev–Trinajstić information content (AvgIpc) is 2.58. The van der Waals surface area contributed by atoms with Gasteiger partial charge in [0, 0.05) is 32.4 Å². The molecule has 148 valence electrons. The van der Waals surface area contributed by atoms with Gasteiger partial charge in [-0.25, -0.2) is 0 Å². The van der Waals surface area contributed by atoms with Crippen molar-refractivity contribution in [2.75, 3.05) is 26.2 Å². The van der Waals surface area contributed by atoms with Crippen LogP contribution in [0.2, 0.25) is 0 Å². The fourth-order valence-corrected chi connectivity index (χ4v) is 2.57. The lowest BCUT2D eigenvalue weighted by Gasteiger charge is -2.31. The number of nitrogens with two attached hydrogens (primary N) is 1. The Balaban J connectivity index is 0.00000312. The van der Waals surface area contributed by atoms with Crippen molar-refractivity contribution in [1.82, 2.24) is 15.2 Å². The molecule has 2 amide bonds. The van der Waals surface area contributed by atoms with Gasteiger partial charge in [-0.3, -0.25) is 14.6 Å². The van der Waals surface area contributed by atoms with Gasteiger partial charge in [-0.1, -0.05) is 0 Å². The fraction of sp³-hybridized carbons (Fsp3) is 0.533. The standard InChI is InChI=1S/C15H19F3N4O2.2ClH/c16-15(17,18)11-3-4-12(21-8-11)14(24)22-7-1-2-10(9-22)13(23)20-6-5-19;;/h3-4,8,10H,1-2,5-7,9,19H2,(H,20,23);2*1H. The maximum atomic E-state index is 12.5. The summed E-state index contributed by atoms with van der Waals surface area (Å²) in [5.41, 5.74) is 4.36. The fourth-order valence-electron chi connectivity index (χ4n) is 2.57. The van der Waals surface area contributed by atoms with Gasteiger partial charge in [0.05, 0.1) is 11.5 Å². The summed E-state index contributed by atoms with van der Waals surface area (Å²) in [6, 6.07) is 1.89. The quantitative estimate of drug-likeness (QED) is 0.783. The van der Waals surface area contributed by atoms with Crippen LogP contribution in [0.5, 0.6) is 0 Å². The number of halogens is 5. The third-order valence-corrected chi connectivity index (χ3v) is 3.83. The number of pyridine rings is 1. The number of piperidine rings is 1. The van der Waals surface area contributed by atoms with E-state index in [1.807, 2.05) is 0 Å². The minimum absolute atomic E-state index is 0. The summed E-state index contributed by atoms with van der Waals surface area (Å²) in [4.78, 5) is 29.4. The number of amides is 2. The molecule has 6 nitrogen and oxygen atoms in total. The lowest BCUT2D eigenvalue weighted by molar-refractivity contribution is -0.137. The molecule has 0 aromatic carbocycles. The average molecular weight is 417 g/mol. The van der Waals surface area contributed by atoms with Crippen LogP contribution < -0.4 is 11.1 Å². The van der Waals surface area contributed by atoms with Crippen molar-refractivity contribution >= 4 is 36.6 Å². The molecular weight excluding hydrogens is 396 g/mol. The molecule has 26 heavy (non-hydrogen) atoms. The Kier molecular flexibility index (Phi) is 9.90. The summed E-state index contributed by atoms with van der Waals surface area (Å²) in [7, 11) is 0. The van der Waals surface area contributed by atoms with Crippen LogP contribution in [0.15, 0.2) is 18.3 Å². The van der Waals surface area contributed by atoms with Crippen molar-refractivity contribution in [2.45, 2.75) is 19.0 Å². The number of hydrogen-bond acceptors (Lipinski definition) is 4. The van der Waals surface area contributed by atoms with E-state index in [9.17, 15) is 22.8 Å². The monoisotopic (exact) mass is 416 g/mol. The van der Waals surface area contributed by atoms with E-state index in [1.165, 1.54) is 4.90 Å². The predicted molar refractivity (Wildman–Crippen MR) is 94.4 cm³/mol. The van der Waals surface area contributed by atoms with Gasteiger partial charge < -0.3 is 16.0 Å². The van der Waals surface area contributed by atoms with Crippen LogP contribution in [0.3, 0.4) is 0 Å². The first-order valence-corrected chi connectivity index (χ1v) is 7.63. The van der Waals surface area contributed by atoms with Crippen LogP contribution in [0.4, 0.5) is 13.2 Å². The Morgan fingerprint density at radius 1 is 1.31 bits per heavy atom. The lowest BCUT2D eigenvalue weighted by atomic mass is 9.97. The van der Waals surface area contributed by atoms with Gasteiger partial charge in [0.2, 0.25) is 5.91 Å². The molecule has 0 spiro atoms. The molecule has 1 fully saturated rings. The second kappa shape index (κ2) is 10.5. The lowest BCUT2D eigenvalue weighted by Crippen LogP contribution is -2.46. The van der Waals surface area contributed by atoms with Crippen molar-refractivity contribution < 1.29 is 22.8 Å². The highest BCUT2D eigenvalue weighted by Gasteiger charge is 2.32. The van der Waals surface area contributed by atoms with Gasteiger partial charge in [-0.05, 0) is 25.0 Å². The maximum absolute atomic E-state index is 12.5. The normalized spacial score (nSPS) is 16.9. The predicted octanol–water partition coefficient (Wildman–Crippen LogP) is 1.87. The number of nitrogens with one attached hydrogen (secondary N) is 1. The number of carbonyl (C=O) groups excluding carboxylic acids is 2. The van der Waals surface area contributed by atoms with Crippen LogP contribution in [0.25, 0.3) is 0 Å². The van der Waals surface area contributed by atoms with Crippen LogP contribution in [-0.2, 0) is 11.0 Å². The Labute approximate surface area is 161 Å². The molecule has 1 aromatic rings. The zero-order chi connectivity index (χ0) is 17.7. The van der Waals surface area contributed by atoms with Gasteiger partial charge in [0.1, 0.15) is 5.69 Å². The zero-order valence-electron chi connectivity index (χ0n) is 13.8. The summed E-state index contributed by atoms with van der Waals surface area (Å²) in [5, 5.41) is 2.68. The largest absolute Gasteiger partial charge is 0.417 e. The third-order valence-electron chi connectivity index (χ3n) is 3.83. The minimum Gasteiger partial charge on any atom is -0.355 e. The molecule has 1 aliphatic rings. The van der Waals surface area contributed by atoms with Crippen molar-refractivity contribution in [3.63, 3.8) is 0 Å². The van der Waals surface area contributed by atoms with Crippen LogP contribution in [-0.4, -0.2) is 47.9 Å². The van der Waals surface area contributed by atoms with Gasteiger partial charge in [0.25, 0.3) is 5.91 Å². The Bertz CT molecular complexity index is 600. The van der Waals surface area contributed by atoms with Crippen LogP contribution in [0, 0.1) is 5.92 Å². The highest BCUT2D eigenvalue weighted by molar-refractivity contribution is 5.93. The maximum Gasteiger partial charge on any atom is 0.417 e. The van der Waals surface area contributed by atoms with Crippen molar-refractivity contribution in [3.8, 4) is 0 Å². The number of nitrogens with zero attached hydrogens (tertiary/aromatic N) is 2. The second-order valence-electron chi connectivity index (χ2n) is 5.60. The summed E-state index contributed by atoms with van der Waals surface area (Å²) >= 11 is 0. The number of rotatable bonds is 4. The topological polar surface area (TPSA) is 88.3 Å². The molecule has 1 saturated heterocycles. The third kappa shape index (κ3) is 6.30. The molecule has 0 saturated carbocycles. The number of aromatic nitrogens is 1. The minimum atomic E-state index is -4.49. The van der Waals surface area contributed by atoms with Crippen molar-refractivity contribution in [1.29, 1.82) is 0 Å². The van der Waals surface area contributed by atoms with E-state index >= 15 is 0 Å². The number of likely N-dealkylation sites (tertiary alicyclic amines) is 1. The molecule has 0 bridgehead atoms. The summed E-state index contributed by atoms with van der Waals surface area (Å²) in [5.74, 6) is -0.984. The van der Waals surface area contributed by atoms with E-state index < -0.39 is 17.6 Å². The van der Waals surface area contributed by atoms with Gasteiger partial charge >= 0.3 is 6.18 Å². The summed E-state index contributed by atoms with van der Waals surface area (Å²) in [6.45, 7) is 1.36. The number of hydrogen-bond donors (Lipinski definition) is 2. The van der Waals surface area contributed by atoms with E-state index in [0.29, 0.717) is 38.7 Å². The molecule has 1 atom stereocenters. The molecule has 11 heteroatoms. The molecular formula is C15H21Cl2F3N4O2. The smallest absolute Gasteiger partial charge is 0.355 e.